The van der Waals surface area contributed by atoms with Gasteiger partial charge in [0.05, 0.1) is 11.8 Å². The normalized spacial score (nSPS) is 11.0. The Bertz CT molecular complexity index is 260. The van der Waals surface area contributed by atoms with Crippen molar-refractivity contribution in [3.05, 3.63) is 0 Å². The van der Waals surface area contributed by atoms with Gasteiger partial charge in [-0.25, -0.2) is 0 Å². The maximum atomic E-state index is 10.4. The van der Waals surface area contributed by atoms with Crippen LogP contribution in [0.15, 0.2) is 0 Å². The van der Waals surface area contributed by atoms with Crippen molar-refractivity contribution in [2.24, 2.45) is 11.8 Å². The van der Waals surface area contributed by atoms with Crippen LogP contribution >= 0.6 is 0 Å². The van der Waals surface area contributed by atoms with Crippen molar-refractivity contribution < 1.29 is 51.7 Å². The van der Waals surface area contributed by atoms with Crippen molar-refractivity contribution in [2.75, 3.05) is 13.2 Å². The quantitative estimate of drug-likeness (QED) is 0.379. The minimum absolute atomic E-state index is 0. The Morgan fingerprint density at radius 2 is 0.889 bits per heavy atom. The molecule has 2 unspecified atom stereocenters. The molecule has 2 atom stereocenters. The molecule has 164 valence electrons. The summed E-state index contributed by atoms with van der Waals surface area (Å²) < 4.78 is 0. The third kappa shape index (κ3) is 37.1. The molecule has 0 bridgehead atoms. The van der Waals surface area contributed by atoms with Crippen LogP contribution in [0.5, 0.6) is 0 Å². The summed E-state index contributed by atoms with van der Waals surface area (Å²) >= 11 is 0. The van der Waals surface area contributed by atoms with Crippen molar-refractivity contribution in [1.29, 1.82) is 0 Å². The maximum Gasteiger partial charge on any atom is 0.306 e. The first kappa shape index (κ1) is 37.3. The van der Waals surface area contributed by atoms with E-state index in [1.165, 1.54) is 0 Å². The smallest absolute Gasteiger partial charge is 0.306 e. The number of aliphatic hydroxyl groups is 2. The summed E-state index contributed by atoms with van der Waals surface area (Å²) in [6.07, 6.45) is 7.43. The number of unbranched alkanes of at least 4 members (excludes halogenated alkanes) is 2. The van der Waals surface area contributed by atoms with Gasteiger partial charge in [0, 0.05) is 34.9 Å². The molecule has 27 heavy (non-hydrogen) atoms. The van der Waals surface area contributed by atoms with Gasteiger partial charge in [-0.1, -0.05) is 53.4 Å². The molecule has 0 saturated heterocycles. The van der Waals surface area contributed by atoms with Gasteiger partial charge < -0.3 is 20.4 Å². The van der Waals surface area contributed by atoms with Gasteiger partial charge in [0.2, 0.25) is 0 Å². The molecule has 4 N–H and O–H groups in total. The van der Waals surface area contributed by atoms with Crippen molar-refractivity contribution in [1.82, 2.24) is 0 Å². The molecule has 0 heterocycles. The fraction of sp³-hybridized carbons (Fsp3) is 0.900. The molecule has 0 spiro atoms. The largest absolute Gasteiger partial charge is 0.481 e. The van der Waals surface area contributed by atoms with Crippen LogP contribution in [0, 0.1) is 11.8 Å². The zero-order chi connectivity index (χ0) is 21.4. The van der Waals surface area contributed by atoms with Crippen LogP contribution in [0.2, 0.25) is 0 Å². The van der Waals surface area contributed by atoms with Crippen molar-refractivity contribution >= 4 is 11.9 Å². The second kappa shape index (κ2) is 33.2. The molecule has 0 radical (unpaired) electrons. The van der Waals surface area contributed by atoms with Crippen molar-refractivity contribution in [3.63, 3.8) is 0 Å². The van der Waals surface area contributed by atoms with Crippen molar-refractivity contribution in [3.8, 4) is 0 Å². The van der Waals surface area contributed by atoms with Gasteiger partial charge in [0.25, 0.3) is 0 Å². The van der Waals surface area contributed by atoms with Gasteiger partial charge in [-0.05, 0) is 39.5 Å². The van der Waals surface area contributed by atoms with E-state index in [-0.39, 0.29) is 46.8 Å². The molecule has 0 aliphatic rings. The summed E-state index contributed by atoms with van der Waals surface area (Å²) in [4.78, 5) is 20.9. The Labute approximate surface area is 181 Å². The van der Waals surface area contributed by atoms with E-state index in [0.29, 0.717) is 0 Å². The van der Waals surface area contributed by atoms with Crippen LogP contribution in [0.25, 0.3) is 0 Å². The number of rotatable bonds is 10. The molecule has 7 heteroatoms. The van der Waals surface area contributed by atoms with Crippen LogP contribution in [-0.4, -0.2) is 45.6 Å². The summed E-state index contributed by atoms with van der Waals surface area (Å²) in [5, 5.41) is 32.3. The Kier molecular flexibility index (Phi) is 45.9. The zero-order valence-electron chi connectivity index (χ0n) is 18.3. The van der Waals surface area contributed by atoms with E-state index in [9.17, 15) is 9.59 Å². The number of carbonyl (C=O) groups is 2. The van der Waals surface area contributed by atoms with Crippen LogP contribution in [0.3, 0.4) is 0 Å². The van der Waals surface area contributed by atoms with Gasteiger partial charge in [-0.15, -0.1) is 0 Å². The second-order valence-corrected chi connectivity index (χ2v) is 5.80. The Balaban J connectivity index is -0.0000000899. The van der Waals surface area contributed by atoms with Gasteiger partial charge >= 0.3 is 11.9 Å². The van der Waals surface area contributed by atoms with E-state index >= 15 is 0 Å². The second-order valence-electron chi connectivity index (χ2n) is 5.80. The third-order valence-electron chi connectivity index (χ3n) is 3.50. The Morgan fingerprint density at radius 1 is 0.667 bits per heavy atom. The molecular weight excluding hydrogens is 384 g/mol. The van der Waals surface area contributed by atoms with Crippen LogP contribution in [-0.2, 0) is 31.3 Å². The van der Waals surface area contributed by atoms with Crippen LogP contribution in [0.4, 0.5) is 0 Å². The van der Waals surface area contributed by atoms with Crippen molar-refractivity contribution in [2.45, 2.75) is 92.9 Å². The van der Waals surface area contributed by atoms with Gasteiger partial charge in [0.1, 0.15) is 0 Å². The molecule has 0 aliphatic carbocycles. The third-order valence-corrected chi connectivity index (χ3v) is 3.50. The zero-order valence-corrected chi connectivity index (χ0v) is 19.9. The standard InChI is InChI=1S/2C8H16O2.2C2H6O.Ti/c2*1-3-5-6-7(4-2)8(9)10;2*1-2-3;/h2*7H,3-6H2,1-2H3,(H,9,10);2*3H,2H2,1H3;. The van der Waals surface area contributed by atoms with Gasteiger partial charge in [-0.3, -0.25) is 9.59 Å². The summed E-state index contributed by atoms with van der Waals surface area (Å²) in [6.45, 7) is 11.9. The fourth-order valence-corrected chi connectivity index (χ4v) is 1.91. The molecule has 6 nitrogen and oxygen atoms in total. The van der Waals surface area contributed by atoms with E-state index < -0.39 is 11.9 Å². The molecule has 0 amide bonds. The minimum atomic E-state index is -0.643. The number of carboxylic acids is 2. The number of carboxylic acid groups (broad SMARTS) is 2. The molecule has 0 saturated carbocycles. The fourth-order valence-electron chi connectivity index (χ4n) is 1.91. The predicted octanol–water partition coefficient (Wildman–Crippen LogP) is 4.57. The maximum absolute atomic E-state index is 10.4. The number of hydrogen-bond acceptors (Lipinski definition) is 4. The molecule has 0 fully saturated rings. The predicted molar refractivity (Wildman–Crippen MR) is 107 cm³/mol. The topological polar surface area (TPSA) is 115 Å². The average Bonchev–Trinajstić information content (AvgIpc) is 2.58. The Hall–Kier alpha value is -0.426. The first-order chi connectivity index (χ1) is 12.3. The molecule has 0 rings (SSSR count). The summed E-state index contributed by atoms with van der Waals surface area (Å²) in [5.41, 5.74) is 0. The molecule has 0 aliphatic heterocycles. The molecule has 0 aromatic heterocycles. The average molecular weight is 428 g/mol. The van der Waals surface area contributed by atoms with E-state index in [0.717, 1.165) is 51.4 Å². The van der Waals surface area contributed by atoms with Gasteiger partial charge in [-0.2, -0.15) is 0 Å². The molecular formula is C20H44O6Ti. The monoisotopic (exact) mass is 428 g/mol. The van der Waals surface area contributed by atoms with E-state index in [2.05, 4.69) is 13.8 Å². The van der Waals surface area contributed by atoms with E-state index in [4.69, 9.17) is 20.4 Å². The number of aliphatic hydroxyl groups excluding tert-OH is 2. The first-order valence-corrected chi connectivity index (χ1v) is 9.94. The minimum Gasteiger partial charge on any atom is -0.481 e. The number of hydrogen-bond donors (Lipinski definition) is 4. The summed E-state index contributed by atoms with van der Waals surface area (Å²) in [7, 11) is 0. The SMILES string of the molecule is CCCCC(CC)C(=O)O.CCCCC(CC)C(=O)O.CCO.CCO.[Ti]. The Morgan fingerprint density at radius 3 is 1.00 bits per heavy atom. The molecule has 0 aromatic carbocycles. The first-order valence-electron chi connectivity index (χ1n) is 9.94. The van der Waals surface area contributed by atoms with Crippen LogP contribution in [0.1, 0.15) is 92.9 Å². The van der Waals surface area contributed by atoms with Gasteiger partial charge in [0.15, 0.2) is 0 Å². The summed E-state index contributed by atoms with van der Waals surface area (Å²) in [6, 6.07) is 0. The summed E-state index contributed by atoms with van der Waals surface area (Å²) in [5.74, 6) is -1.51. The van der Waals surface area contributed by atoms with E-state index in [1.54, 1.807) is 13.8 Å². The molecule has 0 aromatic rings. The van der Waals surface area contributed by atoms with Crippen LogP contribution < -0.4 is 0 Å². The number of aliphatic carboxylic acids is 2. The van der Waals surface area contributed by atoms with E-state index in [1.807, 2.05) is 13.8 Å².